The highest BCUT2D eigenvalue weighted by Gasteiger charge is 2.43. The van der Waals surface area contributed by atoms with E-state index in [1.807, 2.05) is 0 Å². The van der Waals surface area contributed by atoms with Gasteiger partial charge < -0.3 is 15.2 Å². The normalized spacial score (nSPS) is 12.4. The minimum absolute atomic E-state index is 0.279. The third kappa shape index (κ3) is 3.88. The van der Waals surface area contributed by atoms with Crippen molar-refractivity contribution in [2.45, 2.75) is 19.1 Å². The Hall–Kier alpha value is -1.71. The van der Waals surface area contributed by atoms with E-state index in [9.17, 15) is 26.3 Å². The van der Waals surface area contributed by atoms with Gasteiger partial charge in [-0.25, -0.2) is 4.98 Å². The van der Waals surface area contributed by atoms with Gasteiger partial charge in [0.1, 0.15) is 0 Å². The number of hydrogen-bond acceptors (Lipinski definition) is 4. The monoisotopic (exact) mass is 290 g/mol. The van der Waals surface area contributed by atoms with E-state index in [1.54, 1.807) is 0 Å². The number of alkyl halides is 6. The van der Waals surface area contributed by atoms with Gasteiger partial charge in [0.15, 0.2) is 11.4 Å². The summed E-state index contributed by atoms with van der Waals surface area (Å²) in [5.41, 5.74) is 2.99. The molecular formula is C9H8F6N2O2. The van der Waals surface area contributed by atoms with Gasteiger partial charge in [0, 0.05) is 12.6 Å². The average Bonchev–Trinajstić information content (AvgIpc) is 2.25. The van der Waals surface area contributed by atoms with Gasteiger partial charge in [-0.1, -0.05) is 0 Å². The second-order valence-electron chi connectivity index (χ2n) is 3.24. The van der Waals surface area contributed by atoms with Crippen LogP contribution in [0.2, 0.25) is 0 Å². The summed E-state index contributed by atoms with van der Waals surface area (Å²) < 4.78 is 82.1. The smallest absolute Gasteiger partial charge is 0.493 e. The fourth-order valence-corrected chi connectivity index (χ4v) is 1.22. The molecule has 0 spiro atoms. The van der Waals surface area contributed by atoms with Crippen LogP contribution in [-0.2, 0) is 12.7 Å². The van der Waals surface area contributed by atoms with Gasteiger partial charge in [0.05, 0.1) is 12.8 Å². The first-order valence-corrected chi connectivity index (χ1v) is 4.69. The molecule has 1 aromatic rings. The molecule has 0 aromatic carbocycles. The predicted octanol–water partition coefficient (Wildman–Crippen LogP) is 2.47. The van der Waals surface area contributed by atoms with Gasteiger partial charge in [-0.2, -0.15) is 13.2 Å². The number of nitrogens with two attached hydrogens (primary N) is 1. The highest BCUT2D eigenvalue weighted by atomic mass is 19.4. The maximum absolute atomic E-state index is 12.7. The zero-order chi connectivity index (χ0) is 14.8. The number of ether oxygens (including phenoxy) is 2. The van der Waals surface area contributed by atoms with Crippen molar-refractivity contribution in [1.82, 2.24) is 4.98 Å². The molecule has 19 heavy (non-hydrogen) atoms. The van der Waals surface area contributed by atoms with Crippen molar-refractivity contribution >= 4 is 0 Å². The molecule has 0 radical (unpaired) electrons. The van der Waals surface area contributed by atoms with Crippen molar-refractivity contribution in [3.63, 3.8) is 0 Å². The molecule has 0 fully saturated rings. The van der Waals surface area contributed by atoms with E-state index in [0.717, 1.165) is 13.2 Å². The number of methoxy groups -OCH3 is 1. The van der Waals surface area contributed by atoms with Gasteiger partial charge in [-0.3, -0.25) is 0 Å². The first-order chi connectivity index (χ1) is 8.58. The lowest BCUT2D eigenvalue weighted by Crippen LogP contribution is -2.22. The van der Waals surface area contributed by atoms with Crippen molar-refractivity contribution in [3.05, 3.63) is 17.5 Å². The molecule has 1 aromatic heterocycles. The van der Waals surface area contributed by atoms with Gasteiger partial charge in [-0.05, 0) is 0 Å². The molecule has 0 saturated heterocycles. The second-order valence-corrected chi connectivity index (χ2v) is 3.24. The van der Waals surface area contributed by atoms with E-state index in [2.05, 4.69) is 14.5 Å². The fraction of sp³-hybridized carbons (Fsp3) is 0.444. The summed E-state index contributed by atoms with van der Waals surface area (Å²) in [6.07, 6.45) is -10.4. The molecule has 0 aliphatic heterocycles. The summed E-state index contributed by atoms with van der Waals surface area (Å²) in [5, 5.41) is 0. The highest BCUT2D eigenvalue weighted by molar-refractivity contribution is 5.46. The molecule has 0 atom stereocenters. The van der Waals surface area contributed by atoms with E-state index in [0.29, 0.717) is 0 Å². The SMILES string of the molecule is COc1cc(CN)nc(C(F)(F)F)c1OC(F)(F)F. The van der Waals surface area contributed by atoms with E-state index in [4.69, 9.17) is 5.73 Å². The van der Waals surface area contributed by atoms with Gasteiger partial charge in [0.2, 0.25) is 5.75 Å². The second kappa shape index (κ2) is 5.11. The zero-order valence-electron chi connectivity index (χ0n) is 9.39. The Morgan fingerprint density at radius 1 is 1.21 bits per heavy atom. The molecule has 0 aliphatic rings. The standard InChI is InChI=1S/C9H8F6N2O2/c1-18-5-2-4(3-16)17-7(8(10,11)12)6(5)19-9(13,14)15/h2H,3,16H2,1H3. The van der Waals surface area contributed by atoms with Crippen LogP contribution in [0.15, 0.2) is 6.07 Å². The lowest BCUT2D eigenvalue weighted by atomic mass is 10.2. The van der Waals surface area contributed by atoms with Crippen molar-refractivity contribution in [1.29, 1.82) is 0 Å². The van der Waals surface area contributed by atoms with E-state index < -0.39 is 36.3 Å². The third-order valence-electron chi connectivity index (χ3n) is 1.91. The Labute approximate surface area is 103 Å². The summed E-state index contributed by atoms with van der Waals surface area (Å²) in [4.78, 5) is 3.00. The lowest BCUT2D eigenvalue weighted by Gasteiger charge is -2.18. The molecule has 108 valence electrons. The predicted molar refractivity (Wildman–Crippen MR) is 50.4 cm³/mol. The third-order valence-corrected chi connectivity index (χ3v) is 1.91. The first-order valence-electron chi connectivity index (χ1n) is 4.69. The van der Waals surface area contributed by atoms with Crippen molar-refractivity contribution in [2.75, 3.05) is 7.11 Å². The Morgan fingerprint density at radius 2 is 1.79 bits per heavy atom. The van der Waals surface area contributed by atoms with Crippen LogP contribution in [0.1, 0.15) is 11.4 Å². The number of pyridine rings is 1. The zero-order valence-corrected chi connectivity index (χ0v) is 9.39. The van der Waals surface area contributed by atoms with Crippen LogP contribution in [0.5, 0.6) is 11.5 Å². The molecule has 0 aliphatic carbocycles. The van der Waals surface area contributed by atoms with Crippen molar-refractivity contribution in [3.8, 4) is 11.5 Å². The lowest BCUT2D eigenvalue weighted by molar-refractivity contribution is -0.277. The number of rotatable bonds is 3. The molecule has 1 heterocycles. The molecule has 4 nitrogen and oxygen atoms in total. The maximum Gasteiger partial charge on any atom is 0.573 e. The maximum atomic E-state index is 12.7. The van der Waals surface area contributed by atoms with Crippen molar-refractivity contribution < 1.29 is 35.8 Å². The van der Waals surface area contributed by atoms with E-state index >= 15 is 0 Å². The largest absolute Gasteiger partial charge is 0.573 e. The van der Waals surface area contributed by atoms with Crippen LogP contribution in [0, 0.1) is 0 Å². The van der Waals surface area contributed by atoms with E-state index in [1.165, 1.54) is 0 Å². The highest BCUT2D eigenvalue weighted by Crippen LogP contribution is 2.42. The van der Waals surface area contributed by atoms with Crippen LogP contribution < -0.4 is 15.2 Å². The molecule has 2 N–H and O–H groups in total. The van der Waals surface area contributed by atoms with Crippen molar-refractivity contribution in [2.24, 2.45) is 5.73 Å². The molecule has 1 rings (SSSR count). The summed E-state index contributed by atoms with van der Waals surface area (Å²) >= 11 is 0. The van der Waals surface area contributed by atoms with Gasteiger partial charge in [0.25, 0.3) is 0 Å². The molecule has 0 saturated carbocycles. The number of nitrogens with zero attached hydrogens (tertiary/aromatic N) is 1. The summed E-state index contributed by atoms with van der Waals surface area (Å²) in [6, 6.07) is 0.844. The first kappa shape index (κ1) is 15.3. The molecule has 0 amide bonds. The minimum atomic E-state index is -5.31. The van der Waals surface area contributed by atoms with E-state index in [-0.39, 0.29) is 5.69 Å². The Kier molecular flexibility index (Phi) is 4.13. The molecule has 10 heteroatoms. The number of hydrogen-bond donors (Lipinski definition) is 1. The number of aromatic nitrogens is 1. The summed E-state index contributed by atoms with van der Waals surface area (Å²) in [5.74, 6) is -2.29. The molecule has 0 bridgehead atoms. The van der Waals surface area contributed by atoms with Crippen LogP contribution in [0.4, 0.5) is 26.3 Å². The van der Waals surface area contributed by atoms with Gasteiger partial charge in [-0.15, -0.1) is 13.2 Å². The quantitative estimate of drug-likeness (QED) is 0.869. The number of halogens is 6. The summed E-state index contributed by atoms with van der Waals surface area (Å²) in [7, 11) is 0.902. The van der Waals surface area contributed by atoms with Crippen LogP contribution in [0.25, 0.3) is 0 Å². The Balaban J connectivity index is 3.47. The minimum Gasteiger partial charge on any atom is -0.493 e. The topological polar surface area (TPSA) is 57.4 Å². The van der Waals surface area contributed by atoms with Crippen LogP contribution in [-0.4, -0.2) is 18.5 Å². The Morgan fingerprint density at radius 3 is 2.16 bits per heavy atom. The van der Waals surface area contributed by atoms with Crippen LogP contribution >= 0.6 is 0 Å². The Bertz CT molecular complexity index is 457. The summed E-state index contributed by atoms with van der Waals surface area (Å²) in [6.45, 7) is -0.397. The fourth-order valence-electron chi connectivity index (χ4n) is 1.22. The molecular weight excluding hydrogens is 282 g/mol. The molecule has 0 unspecified atom stereocenters. The van der Waals surface area contributed by atoms with Crippen LogP contribution in [0.3, 0.4) is 0 Å². The van der Waals surface area contributed by atoms with Gasteiger partial charge >= 0.3 is 12.5 Å². The average molecular weight is 290 g/mol.